The number of aryl methyl sites for hydroxylation is 4. The SMILES string of the molecule is Cc1cc(C)c(CC(=O)N[C@@H](CO)C(=O)N[C@H](COCc2ccccc2)C(=O)N[C@@H](Cc2ccccc2C)C(=O)N[C@H](C(=O)N[C@@H](CC(C)C)C(=O)NC(C=O)CC(F)(F)F)C(C)(C)C)c(C)c1. The molecule has 15 nitrogen and oxygen atoms in total. The zero-order valence-electron chi connectivity index (χ0n) is 40.3. The Bertz CT molecular complexity index is 2190. The van der Waals surface area contributed by atoms with E-state index >= 15 is 0 Å². The van der Waals surface area contributed by atoms with Gasteiger partial charge < -0.3 is 46.5 Å². The lowest BCUT2D eigenvalue weighted by atomic mass is 9.85. The van der Waals surface area contributed by atoms with Gasteiger partial charge in [0, 0.05) is 6.42 Å². The fourth-order valence-electron chi connectivity index (χ4n) is 7.50. The second-order valence-electron chi connectivity index (χ2n) is 18.7. The smallest absolute Gasteiger partial charge is 0.391 e. The van der Waals surface area contributed by atoms with Crippen LogP contribution in [0.25, 0.3) is 0 Å². The minimum Gasteiger partial charge on any atom is -0.394 e. The van der Waals surface area contributed by atoms with E-state index in [1.807, 2.05) is 39.0 Å². The fourth-order valence-corrected chi connectivity index (χ4v) is 7.50. The number of hydrogen-bond donors (Lipinski definition) is 7. The number of carbonyl (C=O) groups excluding carboxylic acids is 7. The molecule has 372 valence electrons. The molecule has 0 spiro atoms. The number of hydrogen-bond acceptors (Lipinski definition) is 9. The van der Waals surface area contributed by atoms with Crippen molar-refractivity contribution in [2.24, 2.45) is 11.3 Å². The number of rotatable bonds is 24. The number of amides is 6. The molecule has 6 amide bonds. The molecule has 0 saturated heterocycles. The summed E-state index contributed by atoms with van der Waals surface area (Å²) in [6.07, 6.45) is -6.63. The Hall–Kier alpha value is -6.14. The van der Waals surface area contributed by atoms with Crippen molar-refractivity contribution in [3.63, 3.8) is 0 Å². The van der Waals surface area contributed by atoms with Gasteiger partial charge in [0.2, 0.25) is 35.4 Å². The predicted molar refractivity (Wildman–Crippen MR) is 250 cm³/mol. The third kappa shape index (κ3) is 18.5. The van der Waals surface area contributed by atoms with Gasteiger partial charge in [0.25, 0.3) is 0 Å². The average molecular weight is 953 g/mol. The third-order valence-electron chi connectivity index (χ3n) is 11.1. The summed E-state index contributed by atoms with van der Waals surface area (Å²) in [6.45, 7) is 14.6. The van der Waals surface area contributed by atoms with E-state index in [-0.39, 0.29) is 38.1 Å². The number of ether oxygens (including phenoxy) is 1. The van der Waals surface area contributed by atoms with E-state index in [4.69, 9.17) is 4.74 Å². The highest BCUT2D eigenvalue weighted by atomic mass is 19.4. The Morgan fingerprint density at radius 1 is 0.676 bits per heavy atom. The van der Waals surface area contributed by atoms with Crippen LogP contribution >= 0.6 is 0 Å². The lowest BCUT2D eigenvalue weighted by molar-refractivity contribution is -0.147. The number of aliphatic hydroxyl groups excluding tert-OH is 1. The number of benzene rings is 3. The second-order valence-corrected chi connectivity index (χ2v) is 18.7. The van der Waals surface area contributed by atoms with Gasteiger partial charge in [0.05, 0.1) is 38.7 Å². The first-order valence-corrected chi connectivity index (χ1v) is 22.5. The van der Waals surface area contributed by atoms with Crippen molar-refractivity contribution >= 4 is 41.7 Å². The van der Waals surface area contributed by atoms with E-state index in [9.17, 15) is 51.8 Å². The largest absolute Gasteiger partial charge is 0.394 e. The van der Waals surface area contributed by atoms with Crippen LogP contribution in [-0.4, -0.2) is 102 Å². The van der Waals surface area contributed by atoms with Crippen LogP contribution in [0, 0.1) is 39.0 Å². The third-order valence-corrected chi connectivity index (χ3v) is 11.1. The van der Waals surface area contributed by atoms with Crippen LogP contribution in [0.15, 0.2) is 66.7 Å². The van der Waals surface area contributed by atoms with Crippen LogP contribution in [0.2, 0.25) is 0 Å². The van der Waals surface area contributed by atoms with Gasteiger partial charge in [-0.25, -0.2) is 0 Å². The van der Waals surface area contributed by atoms with Crippen molar-refractivity contribution in [3.05, 3.63) is 106 Å². The average Bonchev–Trinajstić information content (AvgIpc) is 3.24. The monoisotopic (exact) mass is 952 g/mol. The first-order valence-electron chi connectivity index (χ1n) is 22.5. The van der Waals surface area contributed by atoms with Gasteiger partial charge in [-0.3, -0.25) is 28.8 Å². The first kappa shape index (κ1) is 56.2. The summed E-state index contributed by atoms with van der Waals surface area (Å²) in [6, 6.07) is 10.8. The first-order chi connectivity index (χ1) is 31.8. The molecule has 3 aromatic carbocycles. The molecule has 0 aliphatic carbocycles. The van der Waals surface area contributed by atoms with Crippen molar-refractivity contribution < 1.29 is 56.6 Å². The van der Waals surface area contributed by atoms with Crippen LogP contribution in [0.4, 0.5) is 13.2 Å². The molecule has 1 unspecified atom stereocenters. The molecule has 0 fully saturated rings. The number of aldehydes is 1. The van der Waals surface area contributed by atoms with Gasteiger partial charge >= 0.3 is 6.18 Å². The fraction of sp³-hybridized carbons (Fsp3) is 0.500. The summed E-state index contributed by atoms with van der Waals surface area (Å²) in [5.41, 5.74) is 4.64. The van der Waals surface area contributed by atoms with Crippen molar-refractivity contribution in [3.8, 4) is 0 Å². The van der Waals surface area contributed by atoms with E-state index in [0.29, 0.717) is 5.56 Å². The van der Waals surface area contributed by atoms with E-state index in [2.05, 4.69) is 31.9 Å². The normalized spacial score (nSPS) is 14.3. The molecule has 0 aromatic heterocycles. The number of alkyl halides is 3. The van der Waals surface area contributed by atoms with Crippen molar-refractivity contribution in [2.45, 2.75) is 137 Å². The molecule has 6 atom stereocenters. The summed E-state index contributed by atoms with van der Waals surface area (Å²) in [5.74, 6) is -5.33. The van der Waals surface area contributed by atoms with E-state index in [1.165, 1.54) is 0 Å². The molecule has 0 heterocycles. The number of aliphatic hydroxyl groups is 1. The molecular weight excluding hydrogens is 886 g/mol. The second kappa shape index (κ2) is 25.8. The highest BCUT2D eigenvalue weighted by Gasteiger charge is 2.39. The van der Waals surface area contributed by atoms with E-state index in [1.54, 1.807) is 90.1 Å². The van der Waals surface area contributed by atoms with Crippen LogP contribution in [0.5, 0.6) is 0 Å². The van der Waals surface area contributed by atoms with Gasteiger partial charge in [0.1, 0.15) is 36.5 Å². The van der Waals surface area contributed by atoms with Crippen molar-refractivity contribution in [2.75, 3.05) is 13.2 Å². The zero-order valence-corrected chi connectivity index (χ0v) is 40.3. The Kier molecular flexibility index (Phi) is 21.4. The lowest BCUT2D eigenvalue weighted by Gasteiger charge is -2.34. The minimum absolute atomic E-state index is 0.0271. The highest BCUT2D eigenvalue weighted by Crippen LogP contribution is 2.23. The topological polar surface area (TPSA) is 221 Å². The predicted octanol–water partition coefficient (Wildman–Crippen LogP) is 4.07. The molecular formula is C50H67F3N6O9. The van der Waals surface area contributed by atoms with Gasteiger partial charge in [0.15, 0.2) is 0 Å². The minimum atomic E-state index is -4.76. The van der Waals surface area contributed by atoms with Crippen LogP contribution < -0.4 is 31.9 Å². The molecule has 0 radical (unpaired) electrons. The van der Waals surface area contributed by atoms with E-state index in [0.717, 1.165) is 33.4 Å². The standard InChI is InChI=1S/C50H67F3N6O9/c1-29(2)19-38(44(63)54-36(25-60)24-50(51,52)53)57-48(67)43(49(7,8)9)59-45(64)39(22-35-18-14-13-15-31(35)4)56-47(66)41(28-68-27-34-16-11-10-12-17-34)58-46(65)40(26-61)55-42(62)23-37-32(5)20-30(3)21-33(37)6/h10-18,20-21,25,29,36,38-41,43,61H,19,22-24,26-28H2,1-9H3,(H,54,63)(H,55,62)(H,56,66)(H,57,67)(H,58,65)(H,59,64)/t36?,38-,39-,40-,41+,43+/m0/s1. The highest BCUT2D eigenvalue weighted by molar-refractivity contribution is 5.97. The van der Waals surface area contributed by atoms with Gasteiger partial charge in [-0.15, -0.1) is 0 Å². The maximum absolute atomic E-state index is 14.5. The zero-order chi connectivity index (χ0) is 50.9. The molecule has 68 heavy (non-hydrogen) atoms. The molecule has 0 bridgehead atoms. The Balaban J connectivity index is 1.94. The summed E-state index contributed by atoms with van der Waals surface area (Å²) in [7, 11) is 0. The Labute approximate surface area is 396 Å². The van der Waals surface area contributed by atoms with Crippen LogP contribution in [0.1, 0.15) is 86.4 Å². The molecule has 18 heteroatoms. The lowest BCUT2D eigenvalue weighted by Crippen LogP contribution is -2.62. The maximum Gasteiger partial charge on any atom is 0.391 e. The number of carbonyl (C=O) groups is 7. The van der Waals surface area contributed by atoms with Crippen LogP contribution in [0.3, 0.4) is 0 Å². The summed E-state index contributed by atoms with van der Waals surface area (Å²) in [4.78, 5) is 94.7. The summed E-state index contributed by atoms with van der Waals surface area (Å²) in [5, 5.41) is 25.4. The van der Waals surface area contributed by atoms with Crippen molar-refractivity contribution in [1.29, 1.82) is 0 Å². The Morgan fingerprint density at radius 2 is 1.22 bits per heavy atom. The summed E-state index contributed by atoms with van der Waals surface area (Å²) >= 11 is 0. The molecule has 0 aliphatic heterocycles. The van der Waals surface area contributed by atoms with Gasteiger partial charge in [-0.1, -0.05) is 107 Å². The van der Waals surface area contributed by atoms with Crippen LogP contribution in [-0.2, 0) is 57.7 Å². The van der Waals surface area contributed by atoms with Gasteiger partial charge in [-0.2, -0.15) is 13.2 Å². The maximum atomic E-state index is 14.5. The number of halogens is 3. The molecule has 3 rings (SSSR count). The molecule has 0 aliphatic rings. The Morgan fingerprint density at radius 3 is 1.78 bits per heavy atom. The van der Waals surface area contributed by atoms with Gasteiger partial charge in [-0.05, 0) is 78.8 Å². The number of nitrogens with one attached hydrogen (secondary N) is 6. The molecule has 3 aromatic rings. The quantitative estimate of drug-likeness (QED) is 0.0643. The molecule has 7 N–H and O–H groups in total. The van der Waals surface area contributed by atoms with E-state index < -0.39 is 103 Å². The summed E-state index contributed by atoms with van der Waals surface area (Å²) < 4.78 is 45.3. The molecule has 0 saturated carbocycles. The van der Waals surface area contributed by atoms with Crippen molar-refractivity contribution in [1.82, 2.24) is 31.9 Å².